The first-order valence-electron chi connectivity index (χ1n) is 14.1. The molecule has 0 bridgehead atoms. The van der Waals surface area contributed by atoms with E-state index in [1.807, 2.05) is 12.1 Å². The smallest absolute Gasteiger partial charge is 0.317 e. The molecular weight excluding hydrogens is 514 g/mol. The Morgan fingerprint density at radius 2 is 1.72 bits per heavy atom. The fraction of sp³-hybridized carbons (Fsp3) is 0.552. The minimum absolute atomic E-state index is 0.104. The molecule has 2 aliphatic heterocycles. The summed E-state index contributed by atoms with van der Waals surface area (Å²) < 4.78 is 31.1. The molecule has 2 fully saturated rings. The third-order valence-corrected chi connectivity index (χ3v) is 7.97. The van der Waals surface area contributed by atoms with Crippen LogP contribution in [-0.4, -0.2) is 75.3 Å². The van der Waals surface area contributed by atoms with Gasteiger partial charge in [0.15, 0.2) is 0 Å². The van der Waals surface area contributed by atoms with Crippen LogP contribution in [0.2, 0.25) is 0 Å². The molecule has 10 heteroatoms. The van der Waals surface area contributed by atoms with Gasteiger partial charge in [-0.1, -0.05) is 25.5 Å². The van der Waals surface area contributed by atoms with Crippen molar-refractivity contribution in [2.75, 3.05) is 43.7 Å². The molecule has 4 rings (SSSR count). The van der Waals surface area contributed by atoms with E-state index in [9.17, 15) is 13.2 Å². The Hall–Kier alpha value is -2.82. The Morgan fingerprint density at radius 3 is 2.31 bits per heavy atom. The Bertz CT molecular complexity index is 1140. The van der Waals surface area contributed by atoms with Crippen LogP contribution >= 0.6 is 0 Å². The van der Waals surface area contributed by atoms with Crippen molar-refractivity contribution in [3.8, 4) is 11.5 Å². The Kier molecular flexibility index (Phi) is 10.5. The number of ether oxygens (including phenoxy) is 1. The Morgan fingerprint density at radius 1 is 1.05 bits per heavy atom. The fourth-order valence-corrected chi connectivity index (χ4v) is 5.83. The highest BCUT2D eigenvalue weighted by atomic mass is 32.2. The zero-order valence-corrected chi connectivity index (χ0v) is 24.0. The molecular formula is C29H43N5O4S. The number of urea groups is 1. The maximum Gasteiger partial charge on any atom is 0.317 e. The third-order valence-electron chi connectivity index (χ3n) is 7.36. The van der Waals surface area contributed by atoms with Crippen molar-refractivity contribution in [2.45, 2.75) is 64.1 Å². The van der Waals surface area contributed by atoms with Gasteiger partial charge in [0.2, 0.25) is 10.0 Å². The first-order chi connectivity index (χ1) is 18.8. The monoisotopic (exact) mass is 557 g/mol. The Balaban J connectivity index is 1.25. The molecule has 0 spiro atoms. The van der Waals surface area contributed by atoms with Crippen LogP contribution in [0, 0.1) is 0 Å². The van der Waals surface area contributed by atoms with E-state index in [0.29, 0.717) is 17.5 Å². The lowest BCUT2D eigenvalue weighted by Gasteiger charge is -2.39. The van der Waals surface area contributed by atoms with E-state index >= 15 is 0 Å². The van der Waals surface area contributed by atoms with Gasteiger partial charge in [-0.05, 0) is 80.6 Å². The van der Waals surface area contributed by atoms with Crippen molar-refractivity contribution in [3.63, 3.8) is 0 Å². The zero-order chi connectivity index (χ0) is 27.7. The minimum atomic E-state index is -3.30. The van der Waals surface area contributed by atoms with Crippen LogP contribution in [0.1, 0.15) is 51.0 Å². The summed E-state index contributed by atoms with van der Waals surface area (Å²) in [5.74, 6) is 1.37. The highest BCUT2D eigenvalue weighted by molar-refractivity contribution is 7.92. The minimum Gasteiger partial charge on any atom is -0.457 e. The Labute approximate surface area is 233 Å². The number of nitrogens with one attached hydrogen (secondary N) is 3. The molecule has 2 heterocycles. The zero-order valence-electron chi connectivity index (χ0n) is 23.2. The average Bonchev–Trinajstić information content (AvgIpc) is 2.92. The highest BCUT2D eigenvalue weighted by Crippen LogP contribution is 2.25. The predicted molar refractivity (Wildman–Crippen MR) is 156 cm³/mol. The SMILES string of the molecule is CCCCN(C(=O)N[C@H]1CCCNC1)C1CCN(Cc2ccc(Oc3ccc(NS(C)(=O)=O)cc3)cc2)CC1. The predicted octanol–water partition coefficient (Wildman–Crippen LogP) is 4.38. The number of hydrogen-bond donors (Lipinski definition) is 3. The van der Waals surface area contributed by atoms with E-state index in [0.717, 1.165) is 89.8 Å². The number of sulfonamides is 1. The second-order valence-corrected chi connectivity index (χ2v) is 12.4. The summed E-state index contributed by atoms with van der Waals surface area (Å²) in [5.41, 5.74) is 1.72. The molecule has 2 amide bonds. The normalized spacial score (nSPS) is 18.9. The standard InChI is InChI=1S/C29H43N5O4S/c1-3-4-18-34(29(35)31-25-6-5-17-30-21-25)26-15-19-33(20-16-26)22-23-7-11-27(12-8-23)38-28-13-9-24(10-14-28)32-39(2,36)37/h7-14,25-26,30,32H,3-6,15-22H2,1-2H3,(H,31,35)/t25-/m0/s1. The van der Waals surface area contributed by atoms with Gasteiger partial charge in [-0.15, -0.1) is 0 Å². The third kappa shape index (κ3) is 9.40. The number of benzene rings is 2. The second kappa shape index (κ2) is 14.0. The number of piperidine rings is 2. The van der Waals surface area contributed by atoms with Gasteiger partial charge in [-0.3, -0.25) is 9.62 Å². The molecule has 1 atom stereocenters. The largest absolute Gasteiger partial charge is 0.457 e. The van der Waals surface area contributed by atoms with Crippen LogP contribution in [0.3, 0.4) is 0 Å². The van der Waals surface area contributed by atoms with Gasteiger partial charge in [0.05, 0.1) is 6.26 Å². The van der Waals surface area contributed by atoms with Crippen molar-refractivity contribution in [1.29, 1.82) is 0 Å². The van der Waals surface area contributed by atoms with Crippen LogP contribution in [0.5, 0.6) is 11.5 Å². The molecule has 0 unspecified atom stereocenters. The van der Waals surface area contributed by atoms with Crippen LogP contribution < -0.4 is 20.1 Å². The van der Waals surface area contributed by atoms with E-state index in [1.54, 1.807) is 24.3 Å². The van der Waals surface area contributed by atoms with E-state index in [2.05, 4.69) is 44.2 Å². The van der Waals surface area contributed by atoms with Gasteiger partial charge in [0, 0.05) is 50.5 Å². The first kappa shape index (κ1) is 29.2. The van der Waals surface area contributed by atoms with Gasteiger partial charge in [-0.2, -0.15) is 0 Å². The molecule has 3 N–H and O–H groups in total. The van der Waals surface area contributed by atoms with Crippen molar-refractivity contribution in [3.05, 3.63) is 54.1 Å². The molecule has 2 aromatic carbocycles. The number of amides is 2. The van der Waals surface area contributed by atoms with Crippen LogP contribution in [0.25, 0.3) is 0 Å². The van der Waals surface area contributed by atoms with Gasteiger partial charge >= 0.3 is 6.03 Å². The van der Waals surface area contributed by atoms with Crippen LogP contribution in [-0.2, 0) is 16.6 Å². The molecule has 2 aromatic rings. The maximum absolute atomic E-state index is 13.2. The summed E-state index contributed by atoms with van der Waals surface area (Å²) in [7, 11) is -3.30. The number of nitrogens with zero attached hydrogens (tertiary/aromatic N) is 2. The molecule has 0 saturated carbocycles. The fourth-order valence-electron chi connectivity index (χ4n) is 5.26. The first-order valence-corrected chi connectivity index (χ1v) is 16.0. The summed E-state index contributed by atoms with van der Waals surface area (Å²) in [5, 5.41) is 6.67. The number of hydrogen-bond acceptors (Lipinski definition) is 6. The maximum atomic E-state index is 13.2. The van der Waals surface area contributed by atoms with Gasteiger partial charge < -0.3 is 20.3 Å². The highest BCUT2D eigenvalue weighted by Gasteiger charge is 2.29. The lowest BCUT2D eigenvalue weighted by Crippen LogP contribution is -2.55. The van der Waals surface area contributed by atoms with Crippen molar-refractivity contribution in [1.82, 2.24) is 20.4 Å². The van der Waals surface area contributed by atoms with Crippen LogP contribution in [0.4, 0.5) is 10.5 Å². The molecule has 0 aromatic heterocycles. The van der Waals surface area contributed by atoms with E-state index < -0.39 is 10.0 Å². The molecule has 0 radical (unpaired) electrons. The molecule has 0 aliphatic carbocycles. The van der Waals surface area contributed by atoms with Crippen molar-refractivity contribution in [2.24, 2.45) is 0 Å². The number of carbonyl (C=O) groups excluding carboxylic acids is 1. The van der Waals surface area contributed by atoms with E-state index in [1.165, 1.54) is 5.56 Å². The number of likely N-dealkylation sites (tertiary alicyclic amines) is 1. The molecule has 9 nitrogen and oxygen atoms in total. The van der Waals surface area contributed by atoms with Gasteiger partial charge in [0.1, 0.15) is 11.5 Å². The number of carbonyl (C=O) groups is 1. The summed E-state index contributed by atoms with van der Waals surface area (Å²) in [4.78, 5) is 17.7. The summed E-state index contributed by atoms with van der Waals surface area (Å²) in [6.45, 7) is 7.72. The summed E-state index contributed by atoms with van der Waals surface area (Å²) >= 11 is 0. The number of rotatable bonds is 11. The second-order valence-electron chi connectivity index (χ2n) is 10.7. The molecule has 2 saturated heterocycles. The van der Waals surface area contributed by atoms with Gasteiger partial charge in [-0.25, -0.2) is 13.2 Å². The lowest BCUT2D eigenvalue weighted by atomic mass is 10.0. The average molecular weight is 558 g/mol. The van der Waals surface area contributed by atoms with Crippen molar-refractivity contribution >= 4 is 21.7 Å². The molecule has 214 valence electrons. The van der Waals surface area contributed by atoms with Gasteiger partial charge in [0.25, 0.3) is 0 Å². The van der Waals surface area contributed by atoms with Crippen LogP contribution in [0.15, 0.2) is 48.5 Å². The summed E-state index contributed by atoms with van der Waals surface area (Å²) in [6.07, 6.45) is 7.39. The number of anilines is 1. The van der Waals surface area contributed by atoms with Crippen molar-refractivity contribution < 1.29 is 17.9 Å². The topological polar surface area (TPSA) is 103 Å². The van der Waals surface area contributed by atoms with E-state index in [4.69, 9.17) is 4.74 Å². The lowest BCUT2D eigenvalue weighted by molar-refractivity contribution is 0.114. The quantitative estimate of drug-likeness (QED) is 0.379. The molecule has 39 heavy (non-hydrogen) atoms. The number of unbranched alkanes of at least 4 members (excludes halogenated alkanes) is 1. The summed E-state index contributed by atoms with van der Waals surface area (Å²) in [6, 6.07) is 15.5. The van der Waals surface area contributed by atoms with E-state index in [-0.39, 0.29) is 12.1 Å². The molecule has 2 aliphatic rings.